The molecule has 7 nitrogen and oxygen atoms in total. The first-order valence-electron chi connectivity index (χ1n) is 13.8. The number of fused-ring (bicyclic) bond motifs is 5. The number of alkyl halides is 1. The molecule has 3 unspecified atom stereocenters. The number of nitrogens with one attached hydrogen (secondary N) is 1. The number of nitrogens with zero attached hydrogens (tertiary/aromatic N) is 2. The summed E-state index contributed by atoms with van der Waals surface area (Å²) in [5.41, 5.74) is 0.597. The van der Waals surface area contributed by atoms with E-state index in [4.69, 9.17) is 4.74 Å². The summed E-state index contributed by atoms with van der Waals surface area (Å²) in [5, 5.41) is 2.46. The molecule has 214 valence electrons. The molecule has 40 heavy (non-hydrogen) atoms. The summed E-state index contributed by atoms with van der Waals surface area (Å²) in [4.78, 5) is 43.6. The van der Waals surface area contributed by atoms with E-state index in [2.05, 4.69) is 5.32 Å². The zero-order valence-electron chi connectivity index (χ0n) is 22.4. The summed E-state index contributed by atoms with van der Waals surface area (Å²) in [6.45, 7) is 2.51. The number of carbonyl (C=O) groups excluding carboxylic acids is 3. The molecule has 3 fully saturated rings. The lowest BCUT2D eigenvalue weighted by atomic mass is 9.94. The van der Waals surface area contributed by atoms with E-state index < -0.39 is 48.1 Å². The number of hydrogen-bond donors (Lipinski definition) is 1. The van der Waals surface area contributed by atoms with E-state index in [1.807, 2.05) is 35.2 Å². The monoisotopic (exact) mass is 557 g/mol. The Labute approximate surface area is 231 Å². The quantitative estimate of drug-likeness (QED) is 0.284. The maximum atomic E-state index is 14.3. The van der Waals surface area contributed by atoms with E-state index in [0.29, 0.717) is 30.5 Å². The van der Waals surface area contributed by atoms with Crippen molar-refractivity contribution in [2.24, 2.45) is 17.8 Å². The van der Waals surface area contributed by atoms with Gasteiger partial charge in [0.2, 0.25) is 5.91 Å². The third-order valence-electron chi connectivity index (χ3n) is 8.44. The first-order chi connectivity index (χ1) is 19.2. The average molecular weight is 558 g/mol. The van der Waals surface area contributed by atoms with Crippen molar-refractivity contribution in [2.75, 3.05) is 26.2 Å². The Morgan fingerprint density at radius 3 is 2.70 bits per heavy atom. The molecule has 1 N–H and O–H groups in total. The Morgan fingerprint density at radius 1 is 1.18 bits per heavy atom. The molecule has 1 saturated carbocycles. The molecule has 4 bridgehead atoms. The number of hydrogen-bond acceptors (Lipinski definition) is 5. The fraction of sp³-hybridized carbons (Fsp3) is 0.500. The van der Waals surface area contributed by atoms with Gasteiger partial charge >= 0.3 is 0 Å². The molecule has 1 aromatic carbocycles. The van der Waals surface area contributed by atoms with Crippen LogP contribution in [0.5, 0.6) is 0 Å². The number of Topliss-reactive ketones (excluding diaryl/α,β-unsaturated/α-hetero) is 1. The Hall–Kier alpha value is -3.40. The summed E-state index contributed by atoms with van der Waals surface area (Å²) in [6.07, 6.45) is 2.73. The molecular weight excluding hydrogens is 523 g/mol. The number of allylic oxidation sites excluding steroid dienone is 3. The largest absolute Gasteiger partial charge is 0.366 e. The normalized spacial score (nSPS) is 28.9. The van der Waals surface area contributed by atoms with Crippen LogP contribution in [0, 0.1) is 17.8 Å². The lowest BCUT2D eigenvalue weighted by molar-refractivity contribution is -0.138. The van der Waals surface area contributed by atoms with Gasteiger partial charge in [-0.25, -0.2) is 13.2 Å². The van der Waals surface area contributed by atoms with Gasteiger partial charge in [-0.05, 0) is 49.7 Å². The van der Waals surface area contributed by atoms with Crippen molar-refractivity contribution >= 4 is 17.6 Å². The highest BCUT2D eigenvalue weighted by Gasteiger charge is 2.44. The minimum absolute atomic E-state index is 0.0355. The van der Waals surface area contributed by atoms with Crippen LogP contribution in [0.15, 0.2) is 65.9 Å². The predicted molar refractivity (Wildman–Crippen MR) is 141 cm³/mol. The number of amides is 2. The minimum Gasteiger partial charge on any atom is -0.366 e. The summed E-state index contributed by atoms with van der Waals surface area (Å²) < 4.78 is 47.7. The average Bonchev–Trinajstić information content (AvgIpc) is 3.31. The number of carbonyl (C=O) groups is 3. The van der Waals surface area contributed by atoms with E-state index in [1.165, 1.54) is 13.1 Å². The van der Waals surface area contributed by atoms with Gasteiger partial charge in [0.05, 0.1) is 19.1 Å². The second kappa shape index (κ2) is 12.0. The first kappa shape index (κ1) is 28.1. The van der Waals surface area contributed by atoms with Gasteiger partial charge in [-0.1, -0.05) is 30.3 Å². The summed E-state index contributed by atoms with van der Waals surface area (Å²) in [7, 11) is 0. The standard InChI is InChI=1S/C30H34F3N3O4/c1-18(40-17-19-5-3-2-4-6-19)29(38)24(30(39)34-12-23-25(32)10-22(31)11-26(23)33)14-35-16-28(37)36-13-20-7-8-21(9-20)27(35)15-36/h2-6,10-11,14,18,20-21,23,25,27H,7-9,12-13,15-17H2,1H3,(H,34,39)/b24-14+/t18?,20-,21+,23?,25?,27+/m1/s1. The van der Waals surface area contributed by atoms with Gasteiger partial charge in [-0.15, -0.1) is 0 Å². The molecule has 1 aromatic rings. The van der Waals surface area contributed by atoms with Crippen LogP contribution >= 0.6 is 0 Å². The molecule has 2 aliphatic carbocycles. The lowest BCUT2D eigenvalue weighted by Crippen LogP contribution is -2.56. The van der Waals surface area contributed by atoms with Crippen molar-refractivity contribution in [3.63, 3.8) is 0 Å². The SMILES string of the molecule is CC(OCc1ccccc1)C(=O)/C(=C\N1CC(=O)N2C[C@@H]3CC[C@@H](C3)[C@@H]1C2)C(=O)NCC1C(F)=CC(F)=CC1F. The van der Waals surface area contributed by atoms with Crippen LogP contribution in [0.25, 0.3) is 0 Å². The molecule has 6 atom stereocenters. The van der Waals surface area contributed by atoms with Crippen LogP contribution in [0.3, 0.4) is 0 Å². The zero-order chi connectivity index (χ0) is 28.4. The summed E-state index contributed by atoms with van der Waals surface area (Å²) in [6, 6.07) is 9.22. The van der Waals surface area contributed by atoms with Crippen molar-refractivity contribution in [1.29, 1.82) is 0 Å². The Morgan fingerprint density at radius 2 is 1.95 bits per heavy atom. The number of benzene rings is 1. The van der Waals surface area contributed by atoms with Crippen LogP contribution in [0.2, 0.25) is 0 Å². The Kier molecular flexibility index (Phi) is 8.44. The van der Waals surface area contributed by atoms with Crippen molar-refractivity contribution in [3.05, 3.63) is 71.5 Å². The summed E-state index contributed by atoms with van der Waals surface area (Å²) >= 11 is 0. The lowest BCUT2D eigenvalue weighted by Gasteiger charge is -2.42. The van der Waals surface area contributed by atoms with Gasteiger partial charge in [-0.3, -0.25) is 14.4 Å². The smallest absolute Gasteiger partial charge is 0.256 e. The molecule has 5 rings (SSSR count). The Balaban J connectivity index is 1.36. The number of ketones is 1. The van der Waals surface area contributed by atoms with E-state index in [9.17, 15) is 27.6 Å². The van der Waals surface area contributed by atoms with E-state index in [-0.39, 0.29) is 30.7 Å². The third kappa shape index (κ3) is 6.16. The topological polar surface area (TPSA) is 79.0 Å². The van der Waals surface area contributed by atoms with Crippen molar-refractivity contribution in [2.45, 2.75) is 51.1 Å². The fourth-order valence-electron chi connectivity index (χ4n) is 6.19. The van der Waals surface area contributed by atoms with Gasteiger partial charge in [0, 0.05) is 38.0 Å². The molecule has 4 aliphatic rings. The van der Waals surface area contributed by atoms with E-state index in [0.717, 1.165) is 31.4 Å². The molecule has 10 heteroatoms. The van der Waals surface area contributed by atoms with Crippen LogP contribution in [0.4, 0.5) is 13.2 Å². The maximum absolute atomic E-state index is 14.3. The molecule has 0 aromatic heterocycles. The van der Waals surface area contributed by atoms with E-state index >= 15 is 0 Å². The van der Waals surface area contributed by atoms with Crippen LogP contribution < -0.4 is 5.32 Å². The number of halogens is 3. The van der Waals surface area contributed by atoms with Crippen molar-refractivity contribution in [1.82, 2.24) is 15.1 Å². The highest BCUT2D eigenvalue weighted by Crippen LogP contribution is 2.40. The molecule has 2 aliphatic heterocycles. The van der Waals surface area contributed by atoms with Crippen LogP contribution in [-0.4, -0.2) is 71.9 Å². The minimum atomic E-state index is -1.96. The highest BCUT2D eigenvalue weighted by atomic mass is 19.2. The second-order valence-corrected chi connectivity index (χ2v) is 11.2. The van der Waals surface area contributed by atoms with Crippen molar-refractivity contribution in [3.8, 4) is 0 Å². The Bertz CT molecular complexity index is 1230. The van der Waals surface area contributed by atoms with Crippen molar-refractivity contribution < 1.29 is 32.3 Å². The molecule has 2 amide bonds. The van der Waals surface area contributed by atoms with Gasteiger partial charge < -0.3 is 19.9 Å². The van der Waals surface area contributed by atoms with Crippen LogP contribution in [-0.2, 0) is 25.7 Å². The fourth-order valence-corrected chi connectivity index (χ4v) is 6.19. The third-order valence-corrected chi connectivity index (χ3v) is 8.44. The number of piperazine rings is 1. The molecule has 2 heterocycles. The molecular formula is C30H34F3N3O4. The van der Waals surface area contributed by atoms with Gasteiger partial charge in [0.25, 0.3) is 5.91 Å². The molecule has 2 saturated heterocycles. The van der Waals surface area contributed by atoms with Crippen LogP contribution in [0.1, 0.15) is 31.7 Å². The van der Waals surface area contributed by atoms with Gasteiger partial charge in [0.15, 0.2) is 5.78 Å². The second-order valence-electron chi connectivity index (χ2n) is 11.2. The zero-order valence-corrected chi connectivity index (χ0v) is 22.4. The number of rotatable bonds is 9. The predicted octanol–water partition coefficient (Wildman–Crippen LogP) is 3.78. The molecule has 0 radical (unpaired) electrons. The van der Waals surface area contributed by atoms with Gasteiger partial charge in [0.1, 0.15) is 29.5 Å². The first-order valence-corrected chi connectivity index (χ1v) is 13.8. The van der Waals surface area contributed by atoms with Gasteiger partial charge in [-0.2, -0.15) is 0 Å². The highest BCUT2D eigenvalue weighted by molar-refractivity contribution is 6.20. The maximum Gasteiger partial charge on any atom is 0.256 e. The molecule has 0 spiro atoms. The summed E-state index contributed by atoms with van der Waals surface area (Å²) in [5.74, 6) is -4.16. The van der Waals surface area contributed by atoms with E-state index in [1.54, 1.807) is 4.90 Å². The number of ether oxygens (including phenoxy) is 1.